The highest BCUT2D eigenvalue weighted by Crippen LogP contribution is 2.50. The quantitative estimate of drug-likeness (QED) is 0.339. The lowest BCUT2D eigenvalue weighted by Crippen LogP contribution is -2.37. The number of hydrogen-bond donors (Lipinski definition) is 0. The molecular formula is C28H27BrINO4. The van der Waals surface area contributed by atoms with Crippen LogP contribution in [0.2, 0.25) is 0 Å². The van der Waals surface area contributed by atoms with Crippen LogP contribution in [-0.4, -0.2) is 30.6 Å². The van der Waals surface area contributed by atoms with Crippen molar-refractivity contribution in [1.82, 2.24) is 4.90 Å². The zero-order chi connectivity index (χ0) is 24.7. The maximum absolute atomic E-state index is 13.2. The molecule has 0 saturated carbocycles. The second-order valence-corrected chi connectivity index (χ2v) is 11.3. The average molecular weight is 648 g/mol. The molecule has 5 nitrogen and oxygen atoms in total. The highest BCUT2D eigenvalue weighted by molar-refractivity contribution is 14.1. The normalized spacial score (nSPS) is 18.6. The van der Waals surface area contributed by atoms with Crippen LogP contribution in [-0.2, 0) is 16.2 Å². The molecule has 7 heteroatoms. The van der Waals surface area contributed by atoms with Crippen molar-refractivity contribution in [2.75, 3.05) is 14.2 Å². The van der Waals surface area contributed by atoms with E-state index in [9.17, 15) is 9.59 Å². The van der Waals surface area contributed by atoms with Crippen LogP contribution in [0.5, 0.6) is 11.5 Å². The van der Waals surface area contributed by atoms with E-state index in [2.05, 4.69) is 49.5 Å². The van der Waals surface area contributed by atoms with Crippen molar-refractivity contribution in [3.8, 4) is 11.5 Å². The first kappa shape index (κ1) is 24.6. The smallest absolute Gasteiger partial charge is 0.174 e. The third kappa shape index (κ3) is 4.57. The number of halogens is 2. The predicted octanol–water partition coefficient (Wildman–Crippen LogP) is 6.68. The van der Waals surface area contributed by atoms with E-state index in [4.69, 9.17) is 9.47 Å². The number of methoxy groups -OCH3 is 1. The van der Waals surface area contributed by atoms with Gasteiger partial charge in [0.25, 0.3) is 0 Å². The summed E-state index contributed by atoms with van der Waals surface area (Å²) in [5.74, 6) is 1.23. The van der Waals surface area contributed by atoms with Gasteiger partial charge in [-0.05, 0) is 83.7 Å². The van der Waals surface area contributed by atoms with Gasteiger partial charge in [-0.15, -0.1) is 0 Å². The van der Waals surface area contributed by atoms with Gasteiger partial charge < -0.3 is 14.4 Å². The number of nitrogens with zero attached hydrogens (tertiary/aromatic N) is 1. The van der Waals surface area contributed by atoms with Crippen molar-refractivity contribution in [2.45, 2.75) is 51.0 Å². The van der Waals surface area contributed by atoms with E-state index in [1.807, 2.05) is 37.4 Å². The summed E-state index contributed by atoms with van der Waals surface area (Å²) in [6.07, 6.45) is 4.50. The van der Waals surface area contributed by atoms with Gasteiger partial charge in [0.1, 0.15) is 6.61 Å². The Kier molecular flexibility index (Phi) is 7.08. The molecule has 2 aromatic carbocycles. The molecule has 0 radical (unpaired) electrons. The molecule has 182 valence electrons. The van der Waals surface area contributed by atoms with Gasteiger partial charge in [0.15, 0.2) is 23.1 Å². The maximum atomic E-state index is 13.2. The summed E-state index contributed by atoms with van der Waals surface area (Å²) in [5, 5.41) is 0. The standard InChI is InChI=1S/C28H27BrINO4/c1-31-20-5-3-7-22(32)26(20)25(27-21(31)6-4-8-23(27)33)17-13-19(30)28(24(14-17)34-2)35-15-16-9-11-18(29)12-10-16/h9-14,25H,3-8,15H2,1-2H3. The fraction of sp³-hybridized carbons (Fsp3) is 0.357. The molecule has 2 aliphatic carbocycles. The lowest BCUT2D eigenvalue weighted by molar-refractivity contribution is -0.117. The number of carbonyl (C=O) groups excluding carboxylic acids is 2. The Labute approximate surface area is 227 Å². The fourth-order valence-electron chi connectivity index (χ4n) is 5.47. The molecule has 0 N–H and O–H groups in total. The average Bonchev–Trinajstić information content (AvgIpc) is 2.85. The Hall–Kier alpha value is -2.13. The lowest BCUT2D eigenvalue weighted by atomic mass is 9.71. The zero-order valence-electron chi connectivity index (χ0n) is 19.8. The minimum atomic E-state index is -0.347. The van der Waals surface area contributed by atoms with Gasteiger partial charge in [-0.1, -0.05) is 28.1 Å². The van der Waals surface area contributed by atoms with Gasteiger partial charge in [0.2, 0.25) is 0 Å². The Morgan fingerprint density at radius 1 is 0.971 bits per heavy atom. The molecule has 1 aliphatic heterocycles. The summed E-state index contributed by atoms with van der Waals surface area (Å²) in [7, 11) is 3.64. The molecular weight excluding hydrogens is 621 g/mol. The summed E-state index contributed by atoms with van der Waals surface area (Å²) in [4.78, 5) is 28.6. The van der Waals surface area contributed by atoms with Crippen LogP contribution in [0.1, 0.15) is 55.6 Å². The Bertz CT molecular complexity index is 1220. The number of ether oxygens (including phenoxy) is 2. The zero-order valence-corrected chi connectivity index (χ0v) is 23.6. The van der Waals surface area contributed by atoms with Crippen LogP contribution in [0.3, 0.4) is 0 Å². The Balaban J connectivity index is 1.57. The number of Topliss-reactive ketones (excluding diaryl/α,β-unsaturated/α-hetero) is 2. The van der Waals surface area contributed by atoms with Gasteiger partial charge in [-0.3, -0.25) is 9.59 Å². The highest BCUT2D eigenvalue weighted by atomic mass is 127. The predicted molar refractivity (Wildman–Crippen MR) is 146 cm³/mol. The van der Waals surface area contributed by atoms with Crippen LogP contribution in [0.4, 0.5) is 0 Å². The number of ketones is 2. The number of allylic oxidation sites excluding steroid dienone is 4. The molecule has 0 spiro atoms. The van der Waals surface area contributed by atoms with Gasteiger partial charge in [-0.25, -0.2) is 0 Å². The first-order chi connectivity index (χ1) is 16.9. The minimum Gasteiger partial charge on any atom is -0.493 e. The molecule has 0 bridgehead atoms. The molecule has 0 saturated heterocycles. The SMILES string of the molecule is COc1cc(C2C3=C(CCCC3=O)N(C)C3=C2C(=O)CCC3)cc(I)c1OCc1ccc(Br)cc1. The summed E-state index contributed by atoms with van der Waals surface area (Å²) >= 11 is 5.73. The number of rotatable bonds is 5. The molecule has 2 aromatic rings. The summed E-state index contributed by atoms with van der Waals surface area (Å²) in [6, 6.07) is 12.0. The van der Waals surface area contributed by atoms with E-state index < -0.39 is 0 Å². The van der Waals surface area contributed by atoms with Gasteiger partial charge >= 0.3 is 0 Å². The third-order valence-electron chi connectivity index (χ3n) is 7.13. The van der Waals surface area contributed by atoms with E-state index in [0.29, 0.717) is 30.9 Å². The van der Waals surface area contributed by atoms with Crippen molar-refractivity contribution in [3.05, 3.63) is 78.1 Å². The van der Waals surface area contributed by atoms with Crippen LogP contribution in [0.15, 0.2) is 63.4 Å². The summed E-state index contributed by atoms with van der Waals surface area (Å²) < 4.78 is 13.9. The number of carbonyl (C=O) groups is 2. The van der Waals surface area contributed by atoms with Gasteiger partial charge in [0.05, 0.1) is 10.7 Å². The first-order valence-corrected chi connectivity index (χ1v) is 13.8. The van der Waals surface area contributed by atoms with Crippen LogP contribution < -0.4 is 9.47 Å². The van der Waals surface area contributed by atoms with Crippen LogP contribution in [0, 0.1) is 3.57 Å². The van der Waals surface area contributed by atoms with E-state index in [-0.39, 0.29) is 17.5 Å². The first-order valence-electron chi connectivity index (χ1n) is 11.9. The largest absolute Gasteiger partial charge is 0.493 e. The van der Waals surface area contributed by atoms with E-state index in [1.165, 1.54) is 0 Å². The van der Waals surface area contributed by atoms with Crippen molar-refractivity contribution >= 4 is 50.1 Å². The minimum absolute atomic E-state index is 0.151. The third-order valence-corrected chi connectivity index (χ3v) is 8.46. The second kappa shape index (κ2) is 10.1. The monoisotopic (exact) mass is 647 g/mol. The molecule has 0 aromatic heterocycles. The molecule has 0 amide bonds. The molecule has 5 rings (SSSR count). The summed E-state index contributed by atoms with van der Waals surface area (Å²) in [6.45, 7) is 0.411. The van der Waals surface area contributed by atoms with Gasteiger partial charge in [-0.2, -0.15) is 0 Å². The number of hydrogen-bond acceptors (Lipinski definition) is 5. The highest BCUT2D eigenvalue weighted by Gasteiger charge is 2.42. The van der Waals surface area contributed by atoms with Crippen molar-refractivity contribution in [3.63, 3.8) is 0 Å². The fourth-order valence-corrected chi connectivity index (χ4v) is 6.51. The Morgan fingerprint density at radius 3 is 2.14 bits per heavy atom. The molecule has 0 atom stereocenters. The van der Waals surface area contributed by atoms with Gasteiger partial charge in [0, 0.05) is 52.8 Å². The van der Waals surface area contributed by atoms with Crippen LogP contribution >= 0.6 is 38.5 Å². The molecule has 0 unspecified atom stereocenters. The number of benzene rings is 2. The maximum Gasteiger partial charge on any atom is 0.174 e. The topological polar surface area (TPSA) is 55.8 Å². The van der Waals surface area contributed by atoms with Crippen molar-refractivity contribution in [2.24, 2.45) is 0 Å². The van der Waals surface area contributed by atoms with E-state index in [0.717, 1.165) is 67.4 Å². The molecule has 35 heavy (non-hydrogen) atoms. The molecule has 3 aliphatic rings. The van der Waals surface area contributed by atoms with Crippen LogP contribution in [0.25, 0.3) is 0 Å². The van der Waals surface area contributed by atoms with Crippen molar-refractivity contribution < 1.29 is 19.1 Å². The van der Waals surface area contributed by atoms with E-state index in [1.54, 1.807) is 7.11 Å². The second-order valence-electron chi connectivity index (χ2n) is 9.22. The van der Waals surface area contributed by atoms with Crippen molar-refractivity contribution in [1.29, 1.82) is 0 Å². The Morgan fingerprint density at radius 2 is 1.57 bits per heavy atom. The summed E-state index contributed by atoms with van der Waals surface area (Å²) in [5.41, 5.74) is 5.69. The van der Waals surface area contributed by atoms with E-state index >= 15 is 0 Å². The lowest BCUT2D eigenvalue weighted by Gasteiger charge is -2.42. The molecule has 1 heterocycles. The molecule has 0 fully saturated rings.